The van der Waals surface area contributed by atoms with Crippen molar-refractivity contribution in [2.24, 2.45) is 7.05 Å². The molecule has 0 aliphatic heterocycles. The second-order valence-corrected chi connectivity index (χ2v) is 4.06. The van der Waals surface area contributed by atoms with Gasteiger partial charge in [0.25, 0.3) is 0 Å². The zero-order valence-corrected chi connectivity index (χ0v) is 10.2. The number of hydrogen-bond acceptors (Lipinski definition) is 4. The highest BCUT2D eigenvalue weighted by atomic mass is 15.2. The summed E-state index contributed by atoms with van der Waals surface area (Å²) in [5.41, 5.74) is 2.13. The molecule has 0 aliphatic rings. The van der Waals surface area contributed by atoms with Gasteiger partial charge in [0.1, 0.15) is 12.2 Å². The van der Waals surface area contributed by atoms with Crippen LogP contribution in [-0.4, -0.2) is 26.3 Å². The SMILES string of the molecule is Cc1cccc(CNCCc2nncn2C)n1. The Bertz CT molecular complexity index is 477. The highest BCUT2D eigenvalue weighted by Crippen LogP contribution is 1.97. The van der Waals surface area contributed by atoms with Crippen molar-refractivity contribution in [1.29, 1.82) is 0 Å². The van der Waals surface area contributed by atoms with Crippen molar-refractivity contribution in [3.05, 3.63) is 41.7 Å². The molecule has 0 atom stereocenters. The van der Waals surface area contributed by atoms with E-state index in [4.69, 9.17) is 0 Å². The van der Waals surface area contributed by atoms with E-state index in [2.05, 4.69) is 20.5 Å². The summed E-state index contributed by atoms with van der Waals surface area (Å²) in [4.78, 5) is 4.43. The second kappa shape index (κ2) is 5.54. The Morgan fingerprint density at radius 2 is 2.24 bits per heavy atom. The van der Waals surface area contributed by atoms with E-state index in [1.54, 1.807) is 6.33 Å². The molecule has 0 fully saturated rings. The molecule has 2 rings (SSSR count). The van der Waals surface area contributed by atoms with Crippen molar-refractivity contribution in [3.63, 3.8) is 0 Å². The van der Waals surface area contributed by atoms with E-state index in [-0.39, 0.29) is 0 Å². The smallest absolute Gasteiger partial charge is 0.133 e. The third-order valence-electron chi connectivity index (χ3n) is 2.58. The van der Waals surface area contributed by atoms with Gasteiger partial charge in [-0.3, -0.25) is 4.98 Å². The Kier molecular flexibility index (Phi) is 3.82. The van der Waals surface area contributed by atoms with Crippen LogP contribution in [0.1, 0.15) is 17.2 Å². The van der Waals surface area contributed by atoms with Crippen molar-refractivity contribution in [2.45, 2.75) is 19.9 Å². The fourth-order valence-corrected chi connectivity index (χ4v) is 1.65. The van der Waals surface area contributed by atoms with E-state index in [1.165, 1.54) is 0 Å². The molecular formula is C12H17N5. The molecule has 0 aliphatic carbocycles. The van der Waals surface area contributed by atoms with Gasteiger partial charge < -0.3 is 9.88 Å². The minimum atomic E-state index is 0.791. The Labute approximate surface area is 101 Å². The zero-order valence-electron chi connectivity index (χ0n) is 10.2. The first kappa shape index (κ1) is 11.7. The molecule has 0 amide bonds. The highest BCUT2D eigenvalue weighted by molar-refractivity contribution is 5.09. The molecule has 2 heterocycles. The molecule has 0 bridgehead atoms. The Morgan fingerprint density at radius 3 is 2.94 bits per heavy atom. The molecule has 0 unspecified atom stereocenters. The first-order valence-corrected chi connectivity index (χ1v) is 5.72. The van der Waals surface area contributed by atoms with Crippen LogP contribution in [-0.2, 0) is 20.0 Å². The fraction of sp³-hybridized carbons (Fsp3) is 0.417. The first-order chi connectivity index (χ1) is 8.25. The molecule has 0 radical (unpaired) electrons. The van der Waals surface area contributed by atoms with Gasteiger partial charge in [-0.2, -0.15) is 0 Å². The topological polar surface area (TPSA) is 55.6 Å². The average molecular weight is 231 g/mol. The third kappa shape index (κ3) is 3.35. The summed E-state index contributed by atoms with van der Waals surface area (Å²) >= 11 is 0. The second-order valence-electron chi connectivity index (χ2n) is 4.06. The van der Waals surface area contributed by atoms with Gasteiger partial charge in [-0.15, -0.1) is 10.2 Å². The maximum absolute atomic E-state index is 4.43. The number of rotatable bonds is 5. The van der Waals surface area contributed by atoms with Gasteiger partial charge in [0.15, 0.2) is 0 Å². The first-order valence-electron chi connectivity index (χ1n) is 5.72. The van der Waals surface area contributed by atoms with Gasteiger partial charge in [0, 0.05) is 32.3 Å². The van der Waals surface area contributed by atoms with Gasteiger partial charge in [0.05, 0.1) is 5.69 Å². The van der Waals surface area contributed by atoms with Crippen LogP contribution in [0.15, 0.2) is 24.5 Å². The number of aryl methyl sites for hydroxylation is 2. The molecule has 0 spiro atoms. The number of hydrogen-bond donors (Lipinski definition) is 1. The lowest BCUT2D eigenvalue weighted by atomic mass is 10.3. The van der Waals surface area contributed by atoms with Crippen LogP contribution in [0.3, 0.4) is 0 Å². The van der Waals surface area contributed by atoms with E-state index in [0.717, 1.165) is 36.7 Å². The largest absolute Gasteiger partial charge is 0.321 e. The Hall–Kier alpha value is -1.75. The molecule has 17 heavy (non-hydrogen) atoms. The molecular weight excluding hydrogens is 214 g/mol. The molecule has 1 N–H and O–H groups in total. The summed E-state index contributed by atoms with van der Waals surface area (Å²) in [5, 5.41) is 11.2. The van der Waals surface area contributed by atoms with Crippen molar-refractivity contribution < 1.29 is 0 Å². The predicted octanol–water partition coefficient (Wildman–Crippen LogP) is 0.851. The molecule has 2 aromatic rings. The van der Waals surface area contributed by atoms with Crippen molar-refractivity contribution >= 4 is 0 Å². The van der Waals surface area contributed by atoms with Crippen LogP contribution >= 0.6 is 0 Å². The quantitative estimate of drug-likeness (QED) is 0.775. The van der Waals surface area contributed by atoms with Crippen molar-refractivity contribution in [2.75, 3.05) is 6.54 Å². The fourth-order valence-electron chi connectivity index (χ4n) is 1.65. The van der Waals surface area contributed by atoms with Crippen molar-refractivity contribution in [3.8, 4) is 0 Å². The Balaban J connectivity index is 1.75. The van der Waals surface area contributed by atoms with E-state index < -0.39 is 0 Å². The maximum atomic E-state index is 4.43. The summed E-state index contributed by atoms with van der Waals surface area (Å²) < 4.78 is 1.94. The molecule has 0 saturated heterocycles. The normalized spacial score (nSPS) is 10.7. The van der Waals surface area contributed by atoms with Crippen molar-refractivity contribution in [1.82, 2.24) is 25.1 Å². The zero-order chi connectivity index (χ0) is 12.1. The van der Waals surface area contributed by atoms with Crippen LogP contribution in [0.4, 0.5) is 0 Å². The molecule has 0 saturated carbocycles. The van der Waals surface area contributed by atoms with Gasteiger partial charge >= 0.3 is 0 Å². The summed E-state index contributed by atoms with van der Waals surface area (Å²) in [5.74, 6) is 0.995. The summed E-state index contributed by atoms with van der Waals surface area (Å²) in [6.07, 6.45) is 2.60. The Morgan fingerprint density at radius 1 is 1.35 bits per heavy atom. The van der Waals surface area contributed by atoms with Crippen LogP contribution in [0.2, 0.25) is 0 Å². The van der Waals surface area contributed by atoms with Gasteiger partial charge in [-0.25, -0.2) is 0 Å². The van der Waals surface area contributed by atoms with Gasteiger partial charge in [-0.1, -0.05) is 6.07 Å². The maximum Gasteiger partial charge on any atom is 0.133 e. The van der Waals surface area contributed by atoms with Crippen LogP contribution in [0, 0.1) is 6.92 Å². The monoisotopic (exact) mass is 231 g/mol. The number of aromatic nitrogens is 4. The van der Waals surface area contributed by atoms with Crippen LogP contribution in [0.25, 0.3) is 0 Å². The highest BCUT2D eigenvalue weighted by Gasteiger charge is 2.00. The number of nitrogens with zero attached hydrogens (tertiary/aromatic N) is 4. The number of pyridine rings is 1. The third-order valence-corrected chi connectivity index (χ3v) is 2.58. The minimum Gasteiger partial charge on any atom is -0.321 e. The number of nitrogens with one attached hydrogen (secondary N) is 1. The molecule has 2 aromatic heterocycles. The predicted molar refractivity (Wildman–Crippen MR) is 65.4 cm³/mol. The molecule has 5 nitrogen and oxygen atoms in total. The van der Waals surface area contributed by atoms with Gasteiger partial charge in [0.2, 0.25) is 0 Å². The summed E-state index contributed by atoms with van der Waals surface area (Å²) in [7, 11) is 1.96. The van der Waals surface area contributed by atoms with E-state index >= 15 is 0 Å². The van der Waals surface area contributed by atoms with Crippen LogP contribution in [0.5, 0.6) is 0 Å². The lowest BCUT2D eigenvalue weighted by Crippen LogP contribution is -2.18. The standard InChI is InChI=1S/C12H17N5/c1-10-4-3-5-11(15-10)8-13-7-6-12-16-14-9-17(12)2/h3-5,9,13H,6-8H2,1-2H3. The lowest BCUT2D eigenvalue weighted by molar-refractivity contribution is 0.644. The minimum absolute atomic E-state index is 0.791. The lowest BCUT2D eigenvalue weighted by Gasteiger charge is -2.04. The van der Waals surface area contributed by atoms with Gasteiger partial charge in [-0.05, 0) is 19.1 Å². The van der Waals surface area contributed by atoms with E-state index in [9.17, 15) is 0 Å². The molecule has 90 valence electrons. The summed E-state index contributed by atoms with van der Waals surface area (Å²) in [6, 6.07) is 6.06. The van der Waals surface area contributed by atoms with Crippen LogP contribution < -0.4 is 5.32 Å². The van der Waals surface area contributed by atoms with E-state index in [1.807, 2.05) is 36.7 Å². The summed E-state index contributed by atoms with van der Waals surface area (Å²) in [6.45, 7) is 3.67. The molecule has 5 heteroatoms. The average Bonchev–Trinajstić information content (AvgIpc) is 2.71. The van der Waals surface area contributed by atoms with E-state index in [0.29, 0.717) is 0 Å². The molecule has 0 aromatic carbocycles.